The molecule has 0 saturated carbocycles. The fourth-order valence-electron chi connectivity index (χ4n) is 1.37. The van der Waals surface area contributed by atoms with E-state index in [1.54, 1.807) is 6.08 Å². The molecule has 0 aliphatic heterocycles. The molecule has 0 amide bonds. The van der Waals surface area contributed by atoms with E-state index in [0.29, 0.717) is 0 Å². The quantitative estimate of drug-likeness (QED) is 0.643. The summed E-state index contributed by atoms with van der Waals surface area (Å²) in [6, 6.07) is 0.178. The fourth-order valence-corrected chi connectivity index (χ4v) is 1.37. The Balaban J connectivity index is 3.93. The zero-order chi connectivity index (χ0) is 9.78. The van der Waals surface area contributed by atoms with Crippen LogP contribution in [0.5, 0.6) is 0 Å². The molecule has 0 bridgehead atoms. The van der Waals surface area contributed by atoms with Gasteiger partial charge in [-0.15, -0.1) is 6.58 Å². The van der Waals surface area contributed by atoms with Crippen molar-refractivity contribution in [3.05, 3.63) is 12.7 Å². The van der Waals surface area contributed by atoms with Crippen molar-refractivity contribution < 1.29 is 4.74 Å². The van der Waals surface area contributed by atoms with Crippen LogP contribution in [-0.4, -0.2) is 17.7 Å². The molecule has 2 atom stereocenters. The summed E-state index contributed by atoms with van der Waals surface area (Å²) in [5, 5.41) is 0. The predicted octanol–water partition coefficient (Wildman–Crippen LogP) is 2.09. The number of rotatable bonds is 5. The molecule has 2 unspecified atom stereocenters. The van der Waals surface area contributed by atoms with Gasteiger partial charge in [0.1, 0.15) is 0 Å². The maximum absolute atomic E-state index is 5.70. The van der Waals surface area contributed by atoms with E-state index in [9.17, 15) is 0 Å². The van der Waals surface area contributed by atoms with Gasteiger partial charge < -0.3 is 10.5 Å². The lowest BCUT2D eigenvalue weighted by Crippen LogP contribution is -2.34. The van der Waals surface area contributed by atoms with Gasteiger partial charge in [0.2, 0.25) is 0 Å². The Hall–Kier alpha value is -0.340. The largest absolute Gasteiger partial charge is 0.369 e. The van der Waals surface area contributed by atoms with Crippen LogP contribution in [0.3, 0.4) is 0 Å². The molecule has 12 heavy (non-hydrogen) atoms. The molecule has 0 aromatic carbocycles. The van der Waals surface area contributed by atoms with Crippen LogP contribution in [0.4, 0.5) is 0 Å². The highest BCUT2D eigenvalue weighted by molar-refractivity contribution is 4.81. The molecule has 0 aliphatic rings. The fraction of sp³-hybridized carbons (Fsp3) is 0.800. The second-order valence-corrected chi connectivity index (χ2v) is 4.00. The van der Waals surface area contributed by atoms with Crippen molar-refractivity contribution in [2.24, 2.45) is 5.73 Å². The summed E-state index contributed by atoms with van der Waals surface area (Å²) in [4.78, 5) is 0. The lowest BCUT2D eigenvalue weighted by molar-refractivity contribution is -0.0511. The van der Waals surface area contributed by atoms with Gasteiger partial charge in [0.05, 0.1) is 11.7 Å². The Kier molecular flexibility index (Phi) is 4.50. The van der Waals surface area contributed by atoms with E-state index in [0.717, 1.165) is 6.42 Å². The molecule has 2 nitrogen and oxygen atoms in total. The molecule has 72 valence electrons. The highest BCUT2D eigenvalue weighted by Crippen LogP contribution is 2.18. The molecule has 0 fully saturated rings. The molecular formula is C10H21NO. The molecule has 2 heteroatoms. The van der Waals surface area contributed by atoms with Crippen LogP contribution in [0.25, 0.3) is 0 Å². The van der Waals surface area contributed by atoms with Gasteiger partial charge in [-0.1, -0.05) is 6.08 Å². The zero-order valence-corrected chi connectivity index (χ0v) is 8.63. The predicted molar refractivity (Wildman–Crippen MR) is 53.1 cm³/mol. The third-order valence-corrected chi connectivity index (χ3v) is 1.65. The number of hydrogen-bond acceptors (Lipinski definition) is 2. The van der Waals surface area contributed by atoms with Gasteiger partial charge in [-0.2, -0.15) is 0 Å². The first-order valence-corrected chi connectivity index (χ1v) is 4.43. The van der Waals surface area contributed by atoms with Gasteiger partial charge in [-0.3, -0.25) is 0 Å². The van der Waals surface area contributed by atoms with Crippen LogP contribution in [0.2, 0.25) is 0 Å². The third-order valence-electron chi connectivity index (χ3n) is 1.65. The van der Waals surface area contributed by atoms with E-state index in [-0.39, 0.29) is 17.7 Å². The summed E-state index contributed by atoms with van der Waals surface area (Å²) >= 11 is 0. The minimum Gasteiger partial charge on any atom is -0.369 e. The lowest BCUT2D eigenvalue weighted by atomic mass is 10.00. The van der Waals surface area contributed by atoms with E-state index >= 15 is 0 Å². The van der Waals surface area contributed by atoms with E-state index in [4.69, 9.17) is 10.5 Å². The second kappa shape index (κ2) is 4.63. The Labute approximate surface area is 75.8 Å². The Morgan fingerprint density at radius 1 is 1.50 bits per heavy atom. The van der Waals surface area contributed by atoms with Crippen LogP contribution in [0, 0.1) is 0 Å². The number of nitrogens with two attached hydrogens (primary N) is 1. The van der Waals surface area contributed by atoms with Gasteiger partial charge >= 0.3 is 0 Å². The molecule has 0 aromatic heterocycles. The van der Waals surface area contributed by atoms with Crippen molar-refractivity contribution in [2.45, 2.75) is 51.9 Å². The molecule has 0 spiro atoms. The summed E-state index contributed by atoms with van der Waals surface area (Å²) in [6.07, 6.45) is 2.76. The summed E-state index contributed by atoms with van der Waals surface area (Å²) in [5.74, 6) is 0. The van der Waals surface area contributed by atoms with Crippen molar-refractivity contribution in [3.63, 3.8) is 0 Å². The van der Waals surface area contributed by atoms with Crippen LogP contribution in [0.1, 0.15) is 34.1 Å². The zero-order valence-electron chi connectivity index (χ0n) is 8.63. The normalized spacial score (nSPS) is 17.1. The van der Waals surface area contributed by atoms with Crippen LogP contribution < -0.4 is 5.73 Å². The van der Waals surface area contributed by atoms with Crippen molar-refractivity contribution in [1.29, 1.82) is 0 Å². The summed E-state index contributed by atoms with van der Waals surface area (Å²) < 4.78 is 5.70. The average molecular weight is 171 g/mol. The summed E-state index contributed by atoms with van der Waals surface area (Å²) in [7, 11) is 0. The van der Waals surface area contributed by atoms with E-state index in [2.05, 4.69) is 20.4 Å². The van der Waals surface area contributed by atoms with Crippen molar-refractivity contribution in [1.82, 2.24) is 0 Å². The first-order valence-electron chi connectivity index (χ1n) is 4.43. The molecule has 2 N–H and O–H groups in total. The second-order valence-electron chi connectivity index (χ2n) is 4.00. The molecule has 0 heterocycles. The lowest BCUT2D eigenvalue weighted by Gasteiger charge is -2.29. The Morgan fingerprint density at radius 3 is 2.33 bits per heavy atom. The van der Waals surface area contributed by atoms with E-state index in [1.807, 2.05) is 13.8 Å². The molecule has 0 aliphatic carbocycles. The van der Waals surface area contributed by atoms with Crippen molar-refractivity contribution >= 4 is 0 Å². The number of hydrogen-bond donors (Lipinski definition) is 1. The average Bonchev–Trinajstić information content (AvgIpc) is 1.83. The molecular weight excluding hydrogens is 150 g/mol. The van der Waals surface area contributed by atoms with Crippen LogP contribution >= 0.6 is 0 Å². The standard InChI is InChI=1S/C10H21NO/c1-6-9(3)12-10(4,5)7-8(2)11/h6,8-9H,1,7,11H2,2-5H3. The number of ether oxygens (including phenoxy) is 1. The summed E-state index contributed by atoms with van der Waals surface area (Å²) in [6.45, 7) is 11.7. The molecule has 0 aromatic rings. The third kappa shape index (κ3) is 5.33. The van der Waals surface area contributed by atoms with Crippen molar-refractivity contribution in [2.75, 3.05) is 0 Å². The van der Waals surface area contributed by atoms with Gasteiger partial charge in [0.15, 0.2) is 0 Å². The molecule has 0 saturated heterocycles. The smallest absolute Gasteiger partial charge is 0.0732 e. The first-order chi connectivity index (χ1) is 5.37. The SMILES string of the molecule is C=CC(C)OC(C)(C)CC(C)N. The maximum Gasteiger partial charge on any atom is 0.0732 e. The highest BCUT2D eigenvalue weighted by atomic mass is 16.5. The first kappa shape index (κ1) is 11.7. The van der Waals surface area contributed by atoms with Crippen LogP contribution in [0.15, 0.2) is 12.7 Å². The van der Waals surface area contributed by atoms with Crippen molar-refractivity contribution in [3.8, 4) is 0 Å². The van der Waals surface area contributed by atoms with Gasteiger partial charge in [0, 0.05) is 6.04 Å². The van der Waals surface area contributed by atoms with E-state index < -0.39 is 0 Å². The molecule has 0 radical (unpaired) electrons. The maximum atomic E-state index is 5.70. The van der Waals surface area contributed by atoms with E-state index in [1.165, 1.54) is 0 Å². The minimum atomic E-state index is -0.151. The molecule has 0 rings (SSSR count). The topological polar surface area (TPSA) is 35.2 Å². The van der Waals surface area contributed by atoms with Gasteiger partial charge in [-0.05, 0) is 34.1 Å². The van der Waals surface area contributed by atoms with Crippen LogP contribution in [-0.2, 0) is 4.74 Å². The highest BCUT2D eigenvalue weighted by Gasteiger charge is 2.21. The van der Waals surface area contributed by atoms with Gasteiger partial charge in [-0.25, -0.2) is 0 Å². The Morgan fingerprint density at radius 2 is 2.00 bits per heavy atom. The minimum absolute atomic E-state index is 0.0961. The monoisotopic (exact) mass is 171 g/mol. The van der Waals surface area contributed by atoms with Gasteiger partial charge in [0.25, 0.3) is 0 Å². The Bertz CT molecular complexity index is 141. The summed E-state index contributed by atoms with van der Waals surface area (Å²) in [5.41, 5.74) is 5.54.